The summed E-state index contributed by atoms with van der Waals surface area (Å²) in [5, 5.41) is 0. The minimum atomic E-state index is -3.88. The second kappa shape index (κ2) is 10.1. The van der Waals surface area contributed by atoms with Gasteiger partial charge in [0, 0.05) is 26.3 Å². The zero-order valence-corrected chi connectivity index (χ0v) is 18.7. The minimum absolute atomic E-state index is 0.0460. The smallest absolute Gasteiger partial charge is 0.339 e. The van der Waals surface area contributed by atoms with E-state index in [1.54, 1.807) is 11.9 Å². The quantitative estimate of drug-likeness (QED) is 0.562. The van der Waals surface area contributed by atoms with Crippen LogP contribution in [0.3, 0.4) is 0 Å². The Morgan fingerprint density at radius 3 is 2.68 bits per heavy atom. The monoisotopic (exact) mass is 449 g/mol. The average Bonchev–Trinajstić information content (AvgIpc) is 2.78. The molecule has 0 atom stereocenters. The number of likely N-dealkylation sites (N-methyl/N-ethyl adjacent to an activating group) is 1. The molecule has 1 aliphatic rings. The molecule has 1 aliphatic heterocycles. The Bertz CT molecular complexity index is 1020. The van der Waals surface area contributed by atoms with Crippen LogP contribution in [0.5, 0.6) is 5.75 Å². The van der Waals surface area contributed by atoms with E-state index in [1.807, 2.05) is 31.2 Å². The lowest BCUT2D eigenvalue weighted by Crippen LogP contribution is -2.41. The van der Waals surface area contributed by atoms with Crippen molar-refractivity contribution in [2.24, 2.45) is 0 Å². The lowest BCUT2D eigenvalue weighted by Gasteiger charge is -2.28. The standard InChI is InChI=1S/C21H27N3O6S/c1-16-5-4-6-18(13-16)30-12-7-23(2)20-19(14-17(15-22-20)21(25)28-3)31(26,27)24-8-10-29-11-9-24/h4-6,13-15H,7-12H2,1-3H3. The van der Waals surface area contributed by atoms with Gasteiger partial charge in [-0.15, -0.1) is 0 Å². The van der Waals surface area contributed by atoms with E-state index in [4.69, 9.17) is 14.2 Å². The number of anilines is 1. The Morgan fingerprint density at radius 1 is 1.26 bits per heavy atom. The predicted molar refractivity (Wildman–Crippen MR) is 115 cm³/mol. The zero-order chi connectivity index (χ0) is 22.4. The molecule has 2 heterocycles. The molecule has 0 amide bonds. The Kier molecular flexibility index (Phi) is 7.47. The zero-order valence-electron chi connectivity index (χ0n) is 17.9. The van der Waals surface area contributed by atoms with Crippen LogP contribution in [0.15, 0.2) is 41.4 Å². The van der Waals surface area contributed by atoms with Gasteiger partial charge in [0.05, 0.1) is 32.4 Å². The number of pyridine rings is 1. The second-order valence-corrected chi connectivity index (χ2v) is 9.05. The molecule has 0 saturated carbocycles. The number of hydrogen-bond acceptors (Lipinski definition) is 8. The first kappa shape index (κ1) is 23.0. The van der Waals surface area contributed by atoms with Crippen molar-refractivity contribution in [3.05, 3.63) is 47.7 Å². The first-order valence-electron chi connectivity index (χ1n) is 9.90. The third kappa shape index (κ3) is 5.52. The molecular weight excluding hydrogens is 422 g/mol. The van der Waals surface area contributed by atoms with Crippen LogP contribution >= 0.6 is 0 Å². The maximum atomic E-state index is 13.3. The maximum Gasteiger partial charge on any atom is 0.339 e. The molecule has 0 radical (unpaired) electrons. The van der Waals surface area contributed by atoms with Crippen LogP contribution in [0.4, 0.5) is 5.82 Å². The fourth-order valence-electron chi connectivity index (χ4n) is 3.18. The van der Waals surface area contributed by atoms with E-state index in [9.17, 15) is 13.2 Å². The highest BCUT2D eigenvalue weighted by Crippen LogP contribution is 2.27. The number of ether oxygens (including phenoxy) is 3. The van der Waals surface area contributed by atoms with Gasteiger partial charge in [0.25, 0.3) is 0 Å². The number of aromatic nitrogens is 1. The Morgan fingerprint density at radius 2 is 2.00 bits per heavy atom. The lowest BCUT2D eigenvalue weighted by atomic mass is 10.2. The van der Waals surface area contributed by atoms with Gasteiger partial charge in [-0.1, -0.05) is 12.1 Å². The predicted octanol–water partition coefficient (Wildman–Crippen LogP) is 1.71. The van der Waals surface area contributed by atoms with Gasteiger partial charge in [-0.05, 0) is 30.7 Å². The highest BCUT2D eigenvalue weighted by atomic mass is 32.2. The molecule has 9 nitrogen and oxygen atoms in total. The summed E-state index contributed by atoms with van der Waals surface area (Å²) in [6, 6.07) is 9.00. The summed E-state index contributed by atoms with van der Waals surface area (Å²) in [5.41, 5.74) is 1.16. The van der Waals surface area contributed by atoms with Crippen LogP contribution in [0.25, 0.3) is 0 Å². The van der Waals surface area contributed by atoms with Crippen LogP contribution in [0.2, 0.25) is 0 Å². The summed E-state index contributed by atoms with van der Waals surface area (Å²) in [5.74, 6) is 0.332. The first-order valence-corrected chi connectivity index (χ1v) is 11.3. The van der Waals surface area contributed by atoms with Crippen molar-refractivity contribution in [1.29, 1.82) is 0 Å². The topological polar surface area (TPSA) is 98.3 Å². The van der Waals surface area contributed by atoms with Gasteiger partial charge < -0.3 is 19.1 Å². The van der Waals surface area contributed by atoms with Crippen LogP contribution in [0, 0.1) is 6.92 Å². The van der Waals surface area contributed by atoms with Crippen molar-refractivity contribution in [2.75, 3.05) is 58.5 Å². The van der Waals surface area contributed by atoms with E-state index >= 15 is 0 Å². The molecule has 1 aromatic heterocycles. The lowest BCUT2D eigenvalue weighted by molar-refractivity contribution is 0.0599. The number of hydrogen-bond donors (Lipinski definition) is 0. The van der Waals surface area contributed by atoms with Gasteiger partial charge in [-0.2, -0.15) is 4.31 Å². The molecule has 0 unspecified atom stereocenters. The average molecular weight is 450 g/mol. The number of methoxy groups -OCH3 is 1. The molecule has 1 saturated heterocycles. The molecule has 3 rings (SSSR count). The summed E-state index contributed by atoms with van der Waals surface area (Å²) in [6.45, 7) is 3.82. The summed E-state index contributed by atoms with van der Waals surface area (Å²) in [7, 11) is -0.913. The van der Waals surface area contributed by atoms with Crippen LogP contribution in [-0.2, 0) is 19.5 Å². The van der Waals surface area contributed by atoms with Crippen LogP contribution in [0.1, 0.15) is 15.9 Å². The number of rotatable bonds is 8. The van der Waals surface area contributed by atoms with E-state index in [-0.39, 0.29) is 29.4 Å². The van der Waals surface area contributed by atoms with E-state index in [2.05, 4.69) is 4.98 Å². The van der Waals surface area contributed by atoms with Crippen molar-refractivity contribution < 1.29 is 27.4 Å². The molecule has 0 N–H and O–H groups in total. The molecule has 1 fully saturated rings. The van der Waals surface area contributed by atoms with E-state index in [1.165, 1.54) is 23.7 Å². The van der Waals surface area contributed by atoms with Crippen LogP contribution < -0.4 is 9.64 Å². The number of morpholine rings is 1. The number of sulfonamides is 1. The number of aryl methyl sites for hydroxylation is 1. The Balaban J connectivity index is 1.84. The van der Waals surface area contributed by atoms with Crippen LogP contribution in [-0.4, -0.2) is 77.3 Å². The molecule has 1 aromatic carbocycles. The summed E-state index contributed by atoms with van der Waals surface area (Å²) < 4.78 is 43.8. The molecule has 0 bridgehead atoms. The van der Waals surface area contributed by atoms with Gasteiger partial charge >= 0.3 is 5.97 Å². The summed E-state index contributed by atoms with van der Waals surface area (Å²) in [6.07, 6.45) is 1.32. The molecule has 2 aromatic rings. The molecule has 0 spiro atoms. The normalized spacial score (nSPS) is 14.8. The van der Waals surface area contributed by atoms with Gasteiger partial charge in [0.15, 0.2) is 0 Å². The summed E-state index contributed by atoms with van der Waals surface area (Å²) in [4.78, 5) is 17.9. The molecule has 31 heavy (non-hydrogen) atoms. The third-order valence-electron chi connectivity index (χ3n) is 4.89. The number of benzene rings is 1. The highest BCUT2D eigenvalue weighted by Gasteiger charge is 2.31. The molecule has 168 valence electrons. The van der Waals surface area contributed by atoms with Crippen molar-refractivity contribution in [3.8, 4) is 5.75 Å². The first-order chi connectivity index (χ1) is 14.8. The van der Waals surface area contributed by atoms with Gasteiger partial charge in [-0.3, -0.25) is 0 Å². The van der Waals surface area contributed by atoms with E-state index in [0.29, 0.717) is 26.4 Å². The van der Waals surface area contributed by atoms with E-state index in [0.717, 1.165) is 11.3 Å². The number of carbonyl (C=O) groups is 1. The maximum absolute atomic E-state index is 13.3. The van der Waals surface area contributed by atoms with Gasteiger partial charge in [-0.25, -0.2) is 18.2 Å². The number of esters is 1. The van der Waals surface area contributed by atoms with Crippen molar-refractivity contribution in [1.82, 2.24) is 9.29 Å². The molecule has 10 heteroatoms. The van der Waals surface area contributed by atoms with Crippen molar-refractivity contribution >= 4 is 21.8 Å². The fourth-order valence-corrected chi connectivity index (χ4v) is 4.80. The van der Waals surface area contributed by atoms with Crippen molar-refractivity contribution in [3.63, 3.8) is 0 Å². The second-order valence-electron chi connectivity index (χ2n) is 7.14. The number of nitrogens with zero attached hydrogens (tertiary/aromatic N) is 3. The summed E-state index contributed by atoms with van der Waals surface area (Å²) >= 11 is 0. The third-order valence-corrected chi connectivity index (χ3v) is 6.79. The van der Waals surface area contributed by atoms with Crippen molar-refractivity contribution in [2.45, 2.75) is 11.8 Å². The largest absolute Gasteiger partial charge is 0.492 e. The minimum Gasteiger partial charge on any atom is -0.492 e. The van der Waals surface area contributed by atoms with Gasteiger partial charge in [0.2, 0.25) is 10.0 Å². The number of carbonyl (C=O) groups excluding carboxylic acids is 1. The fraction of sp³-hybridized carbons (Fsp3) is 0.429. The molecular formula is C21H27N3O6S. The molecule has 0 aliphatic carbocycles. The Labute approximate surface area is 182 Å². The highest BCUT2D eigenvalue weighted by molar-refractivity contribution is 7.89. The van der Waals surface area contributed by atoms with Gasteiger partial charge in [0.1, 0.15) is 23.1 Å². The Hall–Kier alpha value is -2.69. The SMILES string of the molecule is COC(=O)c1cnc(N(C)CCOc2cccc(C)c2)c(S(=O)(=O)N2CCOCC2)c1. The van der Waals surface area contributed by atoms with E-state index < -0.39 is 16.0 Å².